The van der Waals surface area contributed by atoms with Crippen LogP contribution < -0.4 is 0 Å². The van der Waals surface area contributed by atoms with Gasteiger partial charge in [-0.25, -0.2) is 9.97 Å². The van der Waals surface area contributed by atoms with Gasteiger partial charge in [0.25, 0.3) is 0 Å². The molecule has 18 heavy (non-hydrogen) atoms. The fraction of sp³-hybridized carbons (Fsp3) is 0.167. The molecule has 3 rings (SSSR count). The monoisotopic (exact) mass is 260 g/mol. The second kappa shape index (κ2) is 4.47. The van der Waals surface area contributed by atoms with Crippen molar-refractivity contribution in [2.24, 2.45) is 7.05 Å². The summed E-state index contributed by atoms with van der Waals surface area (Å²) >= 11 is 1.55. The minimum absolute atomic E-state index is 0.000659. The first-order valence-corrected chi connectivity index (χ1v) is 6.32. The maximum atomic E-state index is 9.15. The van der Waals surface area contributed by atoms with Crippen molar-refractivity contribution in [3.63, 3.8) is 0 Å². The summed E-state index contributed by atoms with van der Waals surface area (Å²) in [5, 5.41) is 11.0. The molecule has 0 amide bonds. The molecule has 5 nitrogen and oxygen atoms in total. The smallest absolute Gasteiger partial charge is 0.174 e. The molecule has 0 aliphatic carbocycles. The summed E-state index contributed by atoms with van der Waals surface area (Å²) in [5.74, 6) is 0. The molecule has 3 aromatic heterocycles. The molecule has 0 aliphatic heterocycles. The van der Waals surface area contributed by atoms with Gasteiger partial charge in [-0.15, -0.1) is 0 Å². The molecule has 1 N–H and O–H groups in total. The van der Waals surface area contributed by atoms with Gasteiger partial charge in [-0.05, 0) is 23.9 Å². The number of aliphatic hydroxyl groups is 1. The van der Waals surface area contributed by atoms with Crippen molar-refractivity contribution < 1.29 is 5.11 Å². The summed E-state index contributed by atoms with van der Waals surface area (Å²) in [7, 11) is 1.90. The first kappa shape index (κ1) is 11.3. The Labute approximate surface area is 108 Å². The van der Waals surface area contributed by atoms with Crippen LogP contribution in [0.25, 0.3) is 5.65 Å². The highest BCUT2D eigenvalue weighted by molar-refractivity contribution is 7.99. The molecule has 0 spiro atoms. The zero-order chi connectivity index (χ0) is 12.5. The van der Waals surface area contributed by atoms with Gasteiger partial charge in [0.15, 0.2) is 5.16 Å². The standard InChI is InChI=1S/C12H12N4OS/c1-15-9(8-17)7-14-12(15)18-11-4-2-3-10-13-5-6-16(10)11/h2-7,17H,8H2,1H3. The summed E-state index contributed by atoms with van der Waals surface area (Å²) in [6.45, 7) is -0.000659. The summed E-state index contributed by atoms with van der Waals surface area (Å²) in [5.41, 5.74) is 1.71. The Hall–Kier alpha value is -1.79. The number of pyridine rings is 1. The van der Waals surface area contributed by atoms with E-state index >= 15 is 0 Å². The summed E-state index contributed by atoms with van der Waals surface area (Å²) in [4.78, 5) is 8.55. The van der Waals surface area contributed by atoms with E-state index in [-0.39, 0.29) is 6.61 Å². The molecule has 92 valence electrons. The Morgan fingerprint density at radius 3 is 3.00 bits per heavy atom. The lowest BCUT2D eigenvalue weighted by Gasteiger charge is -2.05. The lowest BCUT2D eigenvalue weighted by atomic mass is 10.5. The number of hydrogen-bond acceptors (Lipinski definition) is 4. The molecule has 0 atom stereocenters. The van der Waals surface area contributed by atoms with Crippen LogP contribution in [0.5, 0.6) is 0 Å². The molecule has 3 heterocycles. The maximum Gasteiger partial charge on any atom is 0.174 e. The number of imidazole rings is 2. The molecular formula is C12H12N4OS. The molecule has 0 saturated heterocycles. The largest absolute Gasteiger partial charge is 0.390 e. The Balaban J connectivity index is 2.01. The van der Waals surface area contributed by atoms with Gasteiger partial charge in [0.1, 0.15) is 5.65 Å². The van der Waals surface area contributed by atoms with E-state index in [1.165, 1.54) is 0 Å². The first-order valence-electron chi connectivity index (χ1n) is 5.51. The molecule has 0 unspecified atom stereocenters. The highest BCUT2D eigenvalue weighted by Crippen LogP contribution is 2.27. The van der Waals surface area contributed by atoms with Crippen LogP contribution in [0.3, 0.4) is 0 Å². The van der Waals surface area contributed by atoms with Crippen molar-refractivity contribution in [1.82, 2.24) is 18.9 Å². The Kier molecular flexibility index (Phi) is 2.81. The number of fused-ring (bicyclic) bond motifs is 1. The van der Waals surface area contributed by atoms with E-state index in [4.69, 9.17) is 5.11 Å². The third-order valence-electron chi connectivity index (χ3n) is 2.79. The van der Waals surface area contributed by atoms with Gasteiger partial charge in [0.05, 0.1) is 23.5 Å². The van der Waals surface area contributed by atoms with Crippen LogP contribution in [0, 0.1) is 0 Å². The minimum atomic E-state index is -0.000659. The lowest BCUT2D eigenvalue weighted by molar-refractivity contribution is 0.271. The Morgan fingerprint density at radius 2 is 2.22 bits per heavy atom. The molecule has 0 aliphatic rings. The number of hydrogen-bond donors (Lipinski definition) is 1. The van der Waals surface area contributed by atoms with Gasteiger partial charge >= 0.3 is 0 Å². The zero-order valence-electron chi connectivity index (χ0n) is 9.82. The predicted molar refractivity (Wildman–Crippen MR) is 68.4 cm³/mol. The molecule has 0 saturated carbocycles. The molecule has 0 bridgehead atoms. The highest BCUT2D eigenvalue weighted by atomic mass is 32.2. The molecule has 3 aromatic rings. The summed E-state index contributed by atoms with van der Waals surface area (Å²) in [6, 6.07) is 5.95. The van der Waals surface area contributed by atoms with Crippen molar-refractivity contribution in [1.29, 1.82) is 0 Å². The molecule has 0 fully saturated rings. The topological polar surface area (TPSA) is 55.3 Å². The Morgan fingerprint density at radius 1 is 1.33 bits per heavy atom. The lowest BCUT2D eigenvalue weighted by Crippen LogP contribution is -1.98. The van der Waals surface area contributed by atoms with Crippen molar-refractivity contribution in [2.75, 3.05) is 0 Å². The zero-order valence-corrected chi connectivity index (χ0v) is 10.6. The van der Waals surface area contributed by atoms with E-state index in [2.05, 4.69) is 9.97 Å². The first-order chi connectivity index (χ1) is 8.79. The van der Waals surface area contributed by atoms with Gasteiger partial charge in [0, 0.05) is 19.4 Å². The van der Waals surface area contributed by atoms with Crippen molar-refractivity contribution in [3.05, 3.63) is 42.5 Å². The molecule has 0 aromatic carbocycles. The fourth-order valence-corrected chi connectivity index (χ4v) is 2.71. The highest BCUT2D eigenvalue weighted by Gasteiger charge is 2.09. The predicted octanol–water partition coefficient (Wildman–Crippen LogP) is 1.71. The van der Waals surface area contributed by atoms with Crippen LogP contribution >= 0.6 is 11.8 Å². The fourth-order valence-electron chi connectivity index (χ4n) is 1.77. The number of nitrogens with zero attached hydrogens (tertiary/aromatic N) is 4. The average Bonchev–Trinajstić information content (AvgIpc) is 2.98. The van der Waals surface area contributed by atoms with E-state index in [1.54, 1.807) is 24.2 Å². The van der Waals surface area contributed by atoms with E-state index in [0.29, 0.717) is 0 Å². The molecule has 0 radical (unpaired) electrons. The summed E-state index contributed by atoms with van der Waals surface area (Å²) in [6.07, 6.45) is 5.39. The van der Waals surface area contributed by atoms with Gasteiger partial charge in [-0.3, -0.25) is 4.40 Å². The van der Waals surface area contributed by atoms with Gasteiger partial charge in [0.2, 0.25) is 0 Å². The maximum absolute atomic E-state index is 9.15. The van der Waals surface area contributed by atoms with Crippen LogP contribution in [0.2, 0.25) is 0 Å². The number of aromatic nitrogens is 4. The average molecular weight is 260 g/mol. The summed E-state index contributed by atoms with van der Waals surface area (Å²) < 4.78 is 3.90. The van der Waals surface area contributed by atoms with Gasteiger partial charge < -0.3 is 9.67 Å². The van der Waals surface area contributed by atoms with Crippen molar-refractivity contribution in [2.45, 2.75) is 16.8 Å². The number of rotatable bonds is 3. The number of aliphatic hydroxyl groups excluding tert-OH is 1. The second-order valence-corrected chi connectivity index (χ2v) is 4.86. The quantitative estimate of drug-likeness (QED) is 0.779. The van der Waals surface area contributed by atoms with E-state index < -0.39 is 0 Å². The Bertz CT molecular complexity index is 688. The minimum Gasteiger partial charge on any atom is -0.390 e. The van der Waals surface area contributed by atoms with Crippen LogP contribution in [0.1, 0.15) is 5.69 Å². The van der Waals surface area contributed by atoms with Crippen LogP contribution in [0.4, 0.5) is 0 Å². The van der Waals surface area contributed by atoms with Crippen molar-refractivity contribution >= 4 is 17.4 Å². The van der Waals surface area contributed by atoms with Crippen LogP contribution in [0.15, 0.2) is 47.0 Å². The van der Waals surface area contributed by atoms with Gasteiger partial charge in [-0.2, -0.15) is 0 Å². The van der Waals surface area contributed by atoms with Crippen molar-refractivity contribution in [3.8, 4) is 0 Å². The van der Waals surface area contributed by atoms with Gasteiger partial charge in [-0.1, -0.05) is 6.07 Å². The van der Waals surface area contributed by atoms with Crippen LogP contribution in [-0.4, -0.2) is 24.0 Å². The molecular weight excluding hydrogens is 248 g/mol. The van der Waals surface area contributed by atoms with E-state index in [0.717, 1.165) is 21.5 Å². The van der Waals surface area contributed by atoms with E-state index in [1.807, 2.05) is 40.4 Å². The third kappa shape index (κ3) is 1.79. The molecule has 6 heteroatoms. The van der Waals surface area contributed by atoms with E-state index in [9.17, 15) is 0 Å². The van der Waals surface area contributed by atoms with Crippen LogP contribution in [-0.2, 0) is 13.7 Å². The SMILES string of the molecule is Cn1c(CO)cnc1Sc1cccc2nccn12. The second-order valence-electron chi connectivity index (χ2n) is 3.87. The normalized spacial score (nSPS) is 11.2. The third-order valence-corrected chi connectivity index (χ3v) is 3.89.